The molecule has 24 heavy (non-hydrogen) atoms. The van der Waals surface area contributed by atoms with Crippen LogP contribution in [0.5, 0.6) is 0 Å². The Labute approximate surface area is 143 Å². The quantitative estimate of drug-likeness (QED) is 0.905. The first-order valence-corrected chi connectivity index (χ1v) is 9.07. The van der Waals surface area contributed by atoms with Crippen molar-refractivity contribution < 1.29 is 9.53 Å². The van der Waals surface area contributed by atoms with Gasteiger partial charge in [-0.3, -0.25) is 4.68 Å². The van der Waals surface area contributed by atoms with Gasteiger partial charge in [0.2, 0.25) is 0 Å². The van der Waals surface area contributed by atoms with Gasteiger partial charge in [-0.2, -0.15) is 5.10 Å². The molecule has 1 aromatic rings. The van der Waals surface area contributed by atoms with Gasteiger partial charge in [-0.1, -0.05) is 0 Å². The number of hydrogen-bond donors (Lipinski definition) is 1. The lowest BCUT2D eigenvalue weighted by molar-refractivity contribution is 0.0939. The van der Waals surface area contributed by atoms with E-state index >= 15 is 0 Å². The first kappa shape index (κ1) is 17.1. The summed E-state index contributed by atoms with van der Waals surface area (Å²) in [4.78, 5) is 16.0. The lowest BCUT2D eigenvalue weighted by Crippen LogP contribution is -2.52. The van der Waals surface area contributed by atoms with Crippen LogP contribution in [-0.4, -0.2) is 65.6 Å². The molecule has 0 aliphatic carbocycles. The van der Waals surface area contributed by atoms with Gasteiger partial charge >= 0.3 is 6.09 Å². The van der Waals surface area contributed by atoms with Crippen LogP contribution in [0.15, 0.2) is 12.4 Å². The summed E-state index contributed by atoms with van der Waals surface area (Å²) < 4.78 is 6.94. The van der Waals surface area contributed by atoms with Crippen LogP contribution in [0, 0.1) is 0 Å². The van der Waals surface area contributed by atoms with Gasteiger partial charge in [0, 0.05) is 51.5 Å². The van der Waals surface area contributed by atoms with Crippen molar-refractivity contribution in [2.24, 2.45) is 7.05 Å². The van der Waals surface area contributed by atoms with Crippen molar-refractivity contribution in [1.29, 1.82) is 0 Å². The second-order valence-corrected chi connectivity index (χ2v) is 6.78. The third kappa shape index (κ3) is 4.20. The zero-order valence-electron chi connectivity index (χ0n) is 14.8. The van der Waals surface area contributed by atoms with Crippen molar-refractivity contribution in [3.8, 4) is 0 Å². The number of aromatic nitrogens is 2. The first-order chi connectivity index (χ1) is 11.7. The number of rotatable bonds is 4. The second kappa shape index (κ2) is 7.88. The van der Waals surface area contributed by atoms with Crippen LogP contribution in [-0.2, 0) is 11.8 Å². The Balaban J connectivity index is 1.46. The van der Waals surface area contributed by atoms with Crippen LogP contribution in [0.1, 0.15) is 32.6 Å². The van der Waals surface area contributed by atoms with E-state index in [0.717, 1.165) is 39.0 Å². The number of ether oxygens (including phenoxy) is 1. The number of nitrogens with zero attached hydrogens (tertiary/aromatic N) is 4. The molecule has 2 aliphatic rings. The Morgan fingerprint density at radius 1 is 1.29 bits per heavy atom. The van der Waals surface area contributed by atoms with Crippen LogP contribution in [0.3, 0.4) is 0 Å². The molecule has 2 aliphatic heterocycles. The van der Waals surface area contributed by atoms with E-state index in [1.54, 1.807) is 0 Å². The van der Waals surface area contributed by atoms with Crippen molar-refractivity contribution in [1.82, 2.24) is 20.0 Å². The molecule has 3 rings (SSSR count). The maximum absolute atomic E-state index is 11.8. The Bertz CT molecular complexity index is 539. The number of likely N-dealkylation sites (tertiary alicyclic amines) is 1. The third-order valence-electron chi connectivity index (χ3n) is 4.97. The van der Waals surface area contributed by atoms with E-state index in [9.17, 15) is 4.79 Å². The van der Waals surface area contributed by atoms with Gasteiger partial charge in [0.15, 0.2) is 0 Å². The van der Waals surface area contributed by atoms with E-state index in [4.69, 9.17) is 4.74 Å². The normalized spacial score (nSPS) is 22.7. The fourth-order valence-electron chi connectivity index (χ4n) is 3.70. The van der Waals surface area contributed by atoms with Crippen molar-refractivity contribution in [3.05, 3.63) is 12.4 Å². The Hall–Kier alpha value is -1.76. The molecule has 1 amide bonds. The second-order valence-electron chi connectivity index (χ2n) is 6.78. The highest BCUT2D eigenvalue weighted by Gasteiger charge is 2.27. The SMILES string of the molecule is CCOC(=O)N1CCC(NC2CCCN(c3cnn(C)c3)C2)CC1. The molecule has 3 heterocycles. The van der Waals surface area contributed by atoms with E-state index in [0.29, 0.717) is 18.7 Å². The van der Waals surface area contributed by atoms with Crippen LogP contribution < -0.4 is 10.2 Å². The molecular weight excluding hydrogens is 306 g/mol. The molecule has 0 bridgehead atoms. The number of nitrogens with one attached hydrogen (secondary N) is 1. The molecule has 1 atom stereocenters. The van der Waals surface area contributed by atoms with Gasteiger partial charge in [-0.05, 0) is 32.6 Å². The Morgan fingerprint density at radius 3 is 2.75 bits per heavy atom. The molecule has 1 unspecified atom stereocenters. The zero-order chi connectivity index (χ0) is 16.9. The van der Waals surface area contributed by atoms with Crippen molar-refractivity contribution in [2.75, 3.05) is 37.7 Å². The Kier molecular flexibility index (Phi) is 5.60. The number of piperidine rings is 2. The number of carbonyl (C=O) groups is 1. The predicted octanol–water partition coefficient (Wildman–Crippen LogP) is 1.60. The van der Waals surface area contributed by atoms with E-state index < -0.39 is 0 Å². The summed E-state index contributed by atoms with van der Waals surface area (Å²) in [7, 11) is 1.96. The molecule has 0 spiro atoms. The predicted molar refractivity (Wildman–Crippen MR) is 93.2 cm³/mol. The lowest BCUT2D eigenvalue weighted by atomic mass is 10.00. The monoisotopic (exact) mass is 335 g/mol. The van der Waals surface area contributed by atoms with Crippen LogP contribution in [0.25, 0.3) is 0 Å². The molecule has 2 saturated heterocycles. The van der Waals surface area contributed by atoms with Gasteiger partial charge in [0.25, 0.3) is 0 Å². The molecule has 0 radical (unpaired) electrons. The first-order valence-electron chi connectivity index (χ1n) is 9.07. The van der Waals surface area contributed by atoms with Crippen LogP contribution in [0.2, 0.25) is 0 Å². The van der Waals surface area contributed by atoms with Gasteiger partial charge in [0.1, 0.15) is 0 Å². The summed E-state index contributed by atoms with van der Waals surface area (Å²) in [6.07, 6.45) is 8.28. The maximum atomic E-state index is 11.8. The standard InChI is InChI=1S/C17H29N5O2/c1-3-24-17(23)21-9-6-14(7-10-21)19-15-5-4-8-22(12-15)16-11-18-20(2)13-16/h11,13-15,19H,3-10,12H2,1-2H3. The molecule has 7 heteroatoms. The number of anilines is 1. The molecule has 7 nitrogen and oxygen atoms in total. The molecule has 0 saturated carbocycles. The van der Waals surface area contributed by atoms with Gasteiger partial charge < -0.3 is 19.9 Å². The van der Waals surface area contributed by atoms with E-state index in [1.807, 2.05) is 29.7 Å². The molecule has 134 valence electrons. The maximum Gasteiger partial charge on any atom is 0.409 e. The lowest BCUT2D eigenvalue weighted by Gasteiger charge is -2.38. The minimum atomic E-state index is -0.170. The largest absolute Gasteiger partial charge is 0.450 e. The van der Waals surface area contributed by atoms with Crippen molar-refractivity contribution >= 4 is 11.8 Å². The topological polar surface area (TPSA) is 62.6 Å². The summed E-state index contributed by atoms with van der Waals surface area (Å²) in [6.45, 7) is 6.01. The molecular formula is C17H29N5O2. The third-order valence-corrected chi connectivity index (χ3v) is 4.97. The number of aryl methyl sites for hydroxylation is 1. The summed E-state index contributed by atoms with van der Waals surface area (Å²) in [5.41, 5.74) is 1.21. The molecule has 0 aromatic carbocycles. The number of carbonyl (C=O) groups excluding carboxylic acids is 1. The Morgan fingerprint density at radius 2 is 2.08 bits per heavy atom. The van der Waals surface area contributed by atoms with Crippen molar-refractivity contribution in [3.63, 3.8) is 0 Å². The van der Waals surface area contributed by atoms with E-state index in [-0.39, 0.29) is 6.09 Å². The fraction of sp³-hybridized carbons (Fsp3) is 0.765. The number of hydrogen-bond acceptors (Lipinski definition) is 5. The smallest absolute Gasteiger partial charge is 0.409 e. The summed E-state index contributed by atoms with van der Waals surface area (Å²) in [6, 6.07) is 1.01. The minimum absolute atomic E-state index is 0.170. The highest BCUT2D eigenvalue weighted by atomic mass is 16.6. The average molecular weight is 335 g/mol. The summed E-state index contributed by atoms with van der Waals surface area (Å²) >= 11 is 0. The fourth-order valence-corrected chi connectivity index (χ4v) is 3.70. The molecule has 2 fully saturated rings. The minimum Gasteiger partial charge on any atom is -0.450 e. The van der Waals surface area contributed by atoms with E-state index in [1.165, 1.54) is 18.5 Å². The van der Waals surface area contributed by atoms with Crippen LogP contribution >= 0.6 is 0 Å². The molecule has 1 aromatic heterocycles. The zero-order valence-corrected chi connectivity index (χ0v) is 14.8. The van der Waals surface area contributed by atoms with Crippen molar-refractivity contribution in [2.45, 2.75) is 44.7 Å². The van der Waals surface area contributed by atoms with Gasteiger partial charge in [-0.25, -0.2) is 4.79 Å². The highest BCUT2D eigenvalue weighted by Crippen LogP contribution is 2.20. The highest BCUT2D eigenvalue weighted by molar-refractivity contribution is 5.67. The summed E-state index contributed by atoms with van der Waals surface area (Å²) in [5, 5.41) is 8.09. The number of amides is 1. The van der Waals surface area contributed by atoms with Gasteiger partial charge in [0.05, 0.1) is 18.5 Å². The summed E-state index contributed by atoms with van der Waals surface area (Å²) in [5.74, 6) is 0. The molecule has 1 N–H and O–H groups in total. The van der Waals surface area contributed by atoms with Crippen LogP contribution in [0.4, 0.5) is 10.5 Å². The van der Waals surface area contributed by atoms with Gasteiger partial charge in [-0.15, -0.1) is 0 Å². The average Bonchev–Trinajstić information content (AvgIpc) is 3.03. The van der Waals surface area contributed by atoms with E-state index in [2.05, 4.69) is 21.5 Å².